The number of benzene rings is 2. The minimum atomic E-state index is -0.215. The number of halogens is 1. The molecule has 0 N–H and O–H groups in total. The van der Waals surface area contributed by atoms with Crippen LogP contribution in [0.4, 0.5) is 4.39 Å². The zero-order valence-electron chi connectivity index (χ0n) is 15.6. The maximum absolute atomic E-state index is 14.3. The molecule has 1 saturated heterocycles. The summed E-state index contributed by atoms with van der Waals surface area (Å²) >= 11 is 0. The van der Waals surface area contributed by atoms with Gasteiger partial charge in [-0.05, 0) is 24.6 Å². The van der Waals surface area contributed by atoms with E-state index in [1.807, 2.05) is 35.2 Å². The van der Waals surface area contributed by atoms with Crippen LogP contribution in [0.1, 0.15) is 43.5 Å². The lowest BCUT2D eigenvalue weighted by molar-refractivity contribution is -0.127. The first kappa shape index (κ1) is 17.7. The topological polar surface area (TPSA) is 38.1 Å². The van der Waals surface area contributed by atoms with Crippen molar-refractivity contribution in [2.75, 3.05) is 13.1 Å². The van der Waals surface area contributed by atoms with Gasteiger partial charge in [-0.2, -0.15) is 0 Å². The SMILES string of the molecule is CCCCN1C[C@H](c2nc3ccccc3n2Cc2ccccc2F)CC1=O. The summed E-state index contributed by atoms with van der Waals surface area (Å²) in [7, 11) is 0. The third kappa shape index (κ3) is 3.46. The lowest BCUT2D eigenvalue weighted by Gasteiger charge is -2.17. The molecule has 1 amide bonds. The second kappa shape index (κ2) is 7.51. The van der Waals surface area contributed by atoms with Crippen LogP contribution in [-0.2, 0) is 11.3 Å². The molecule has 3 aromatic rings. The second-order valence-electron chi connectivity index (χ2n) is 7.23. The molecule has 4 rings (SSSR count). The van der Waals surface area contributed by atoms with Crippen LogP contribution in [0.3, 0.4) is 0 Å². The number of para-hydroxylation sites is 2. The highest BCUT2D eigenvalue weighted by Crippen LogP contribution is 2.31. The van der Waals surface area contributed by atoms with E-state index in [9.17, 15) is 9.18 Å². The number of nitrogens with zero attached hydrogens (tertiary/aromatic N) is 3. The maximum Gasteiger partial charge on any atom is 0.223 e. The lowest BCUT2D eigenvalue weighted by atomic mass is 10.1. The largest absolute Gasteiger partial charge is 0.342 e. The molecule has 27 heavy (non-hydrogen) atoms. The van der Waals surface area contributed by atoms with Gasteiger partial charge in [0.25, 0.3) is 0 Å². The number of carbonyl (C=O) groups excluding carboxylic acids is 1. The molecule has 0 saturated carbocycles. The van der Waals surface area contributed by atoms with E-state index in [4.69, 9.17) is 4.98 Å². The van der Waals surface area contributed by atoms with E-state index >= 15 is 0 Å². The molecule has 2 heterocycles. The van der Waals surface area contributed by atoms with Crippen LogP contribution in [0.5, 0.6) is 0 Å². The molecule has 140 valence electrons. The van der Waals surface area contributed by atoms with Crippen LogP contribution in [-0.4, -0.2) is 33.4 Å². The molecule has 0 spiro atoms. The summed E-state index contributed by atoms with van der Waals surface area (Å²) in [5.74, 6) is 0.909. The molecular formula is C22H24FN3O. The van der Waals surface area contributed by atoms with Gasteiger partial charge in [-0.25, -0.2) is 9.37 Å². The quantitative estimate of drug-likeness (QED) is 0.652. The first-order valence-corrected chi connectivity index (χ1v) is 9.63. The smallest absolute Gasteiger partial charge is 0.223 e. The number of amides is 1. The van der Waals surface area contributed by atoms with Crippen LogP contribution in [0.25, 0.3) is 11.0 Å². The van der Waals surface area contributed by atoms with Gasteiger partial charge in [-0.3, -0.25) is 4.79 Å². The Morgan fingerprint density at radius 1 is 1.15 bits per heavy atom. The van der Waals surface area contributed by atoms with E-state index in [0.717, 1.165) is 36.2 Å². The van der Waals surface area contributed by atoms with E-state index in [2.05, 4.69) is 11.5 Å². The van der Waals surface area contributed by atoms with Crippen molar-refractivity contribution in [2.24, 2.45) is 0 Å². The molecule has 1 aliphatic heterocycles. The number of hydrogen-bond acceptors (Lipinski definition) is 2. The van der Waals surface area contributed by atoms with Crippen molar-refractivity contribution in [3.05, 3.63) is 65.7 Å². The average Bonchev–Trinajstić information content (AvgIpc) is 3.22. The number of rotatable bonds is 6. The van der Waals surface area contributed by atoms with Crippen molar-refractivity contribution in [3.63, 3.8) is 0 Å². The molecular weight excluding hydrogens is 341 g/mol. The fraction of sp³-hybridized carbons (Fsp3) is 0.364. The van der Waals surface area contributed by atoms with Crippen molar-refractivity contribution >= 4 is 16.9 Å². The molecule has 1 fully saturated rings. The van der Waals surface area contributed by atoms with Gasteiger partial charge in [-0.1, -0.05) is 43.7 Å². The summed E-state index contributed by atoms with van der Waals surface area (Å²) in [4.78, 5) is 19.2. The van der Waals surface area contributed by atoms with Gasteiger partial charge >= 0.3 is 0 Å². The molecule has 1 atom stereocenters. The summed E-state index contributed by atoms with van der Waals surface area (Å²) in [5, 5.41) is 0. The normalized spacial score (nSPS) is 17.2. The molecule has 5 heteroatoms. The van der Waals surface area contributed by atoms with E-state index in [1.165, 1.54) is 6.07 Å². The highest BCUT2D eigenvalue weighted by atomic mass is 19.1. The molecule has 4 nitrogen and oxygen atoms in total. The Morgan fingerprint density at radius 2 is 1.93 bits per heavy atom. The third-order valence-electron chi connectivity index (χ3n) is 5.33. The number of hydrogen-bond donors (Lipinski definition) is 0. The van der Waals surface area contributed by atoms with Gasteiger partial charge in [0, 0.05) is 31.0 Å². The van der Waals surface area contributed by atoms with Crippen LogP contribution >= 0.6 is 0 Å². The summed E-state index contributed by atoms with van der Waals surface area (Å²) in [6.45, 7) is 4.05. The number of aromatic nitrogens is 2. The Balaban J connectivity index is 1.71. The van der Waals surface area contributed by atoms with Crippen LogP contribution in [0, 0.1) is 5.82 Å². The Labute approximate surface area is 158 Å². The number of likely N-dealkylation sites (tertiary alicyclic amines) is 1. The number of unbranched alkanes of at least 4 members (excludes halogenated alkanes) is 1. The summed E-state index contributed by atoms with van der Waals surface area (Å²) < 4.78 is 16.3. The van der Waals surface area contributed by atoms with Crippen molar-refractivity contribution in [3.8, 4) is 0 Å². The Morgan fingerprint density at radius 3 is 2.74 bits per heavy atom. The highest BCUT2D eigenvalue weighted by molar-refractivity contribution is 5.81. The summed E-state index contributed by atoms with van der Waals surface area (Å²) in [6, 6.07) is 14.8. The van der Waals surface area contributed by atoms with Crippen molar-refractivity contribution < 1.29 is 9.18 Å². The third-order valence-corrected chi connectivity index (χ3v) is 5.33. The molecule has 1 aromatic heterocycles. The fourth-order valence-electron chi connectivity index (χ4n) is 3.88. The molecule has 1 aliphatic rings. The molecule has 2 aromatic carbocycles. The van der Waals surface area contributed by atoms with Crippen LogP contribution in [0.15, 0.2) is 48.5 Å². The van der Waals surface area contributed by atoms with E-state index < -0.39 is 0 Å². The van der Waals surface area contributed by atoms with Crippen molar-refractivity contribution in [1.29, 1.82) is 0 Å². The number of carbonyl (C=O) groups is 1. The second-order valence-corrected chi connectivity index (χ2v) is 7.23. The first-order valence-electron chi connectivity index (χ1n) is 9.63. The first-order chi connectivity index (χ1) is 13.2. The molecule has 0 radical (unpaired) electrons. The fourth-order valence-corrected chi connectivity index (χ4v) is 3.88. The van der Waals surface area contributed by atoms with Gasteiger partial charge < -0.3 is 9.47 Å². The molecule has 0 aliphatic carbocycles. The van der Waals surface area contributed by atoms with Gasteiger partial charge in [0.05, 0.1) is 17.6 Å². The van der Waals surface area contributed by atoms with Gasteiger partial charge in [-0.15, -0.1) is 0 Å². The van der Waals surface area contributed by atoms with Gasteiger partial charge in [0.15, 0.2) is 0 Å². The Hall–Kier alpha value is -2.69. The Kier molecular flexibility index (Phi) is 4.92. The van der Waals surface area contributed by atoms with E-state index in [-0.39, 0.29) is 17.6 Å². The minimum Gasteiger partial charge on any atom is -0.342 e. The van der Waals surface area contributed by atoms with Crippen molar-refractivity contribution in [2.45, 2.75) is 38.6 Å². The average molecular weight is 365 g/mol. The summed E-state index contributed by atoms with van der Waals surface area (Å²) in [6.07, 6.45) is 2.56. The van der Waals surface area contributed by atoms with E-state index in [0.29, 0.717) is 25.1 Å². The van der Waals surface area contributed by atoms with Gasteiger partial charge in [0.2, 0.25) is 5.91 Å². The predicted octanol–water partition coefficient (Wildman–Crippen LogP) is 4.34. The van der Waals surface area contributed by atoms with Crippen molar-refractivity contribution in [1.82, 2.24) is 14.5 Å². The number of fused-ring (bicyclic) bond motifs is 1. The van der Waals surface area contributed by atoms with Crippen LogP contribution < -0.4 is 0 Å². The van der Waals surface area contributed by atoms with Gasteiger partial charge in [0.1, 0.15) is 11.6 Å². The summed E-state index contributed by atoms with van der Waals surface area (Å²) in [5.41, 5.74) is 2.51. The lowest BCUT2D eigenvalue weighted by Crippen LogP contribution is -2.26. The Bertz CT molecular complexity index is 965. The standard InChI is InChI=1S/C22H24FN3O/c1-2-3-12-25-14-17(13-21(25)27)22-24-19-10-6-7-11-20(19)26(22)15-16-8-4-5-9-18(16)23/h4-11,17H,2-3,12-15H2,1H3/t17-/m1/s1. The van der Waals surface area contributed by atoms with E-state index in [1.54, 1.807) is 12.1 Å². The zero-order valence-corrected chi connectivity index (χ0v) is 15.6. The predicted molar refractivity (Wildman–Crippen MR) is 104 cm³/mol. The zero-order chi connectivity index (χ0) is 18.8. The monoisotopic (exact) mass is 365 g/mol. The maximum atomic E-state index is 14.3. The molecule has 0 bridgehead atoms. The highest BCUT2D eigenvalue weighted by Gasteiger charge is 2.33. The minimum absolute atomic E-state index is 0.0496. The molecule has 0 unspecified atom stereocenters. The number of imidazole rings is 1. The van der Waals surface area contributed by atoms with Crippen LogP contribution in [0.2, 0.25) is 0 Å².